The molecule has 1 aromatic rings. The van der Waals surface area contributed by atoms with Crippen molar-refractivity contribution in [2.24, 2.45) is 5.92 Å². The van der Waals surface area contributed by atoms with Gasteiger partial charge >= 0.3 is 5.97 Å². The monoisotopic (exact) mass is 346 g/mol. The van der Waals surface area contributed by atoms with E-state index in [0.29, 0.717) is 17.9 Å². The Morgan fingerprint density at radius 1 is 1.04 bits per heavy atom. The van der Waals surface area contributed by atoms with Gasteiger partial charge in [0.1, 0.15) is 0 Å². The molecule has 0 aromatic heterocycles. The molecule has 1 aliphatic heterocycles. The minimum atomic E-state index is -0.324. The van der Waals surface area contributed by atoms with E-state index in [1.54, 1.807) is 12.1 Å². The van der Waals surface area contributed by atoms with Crippen LogP contribution in [-0.2, 0) is 9.53 Å². The average Bonchev–Trinajstić information content (AvgIpc) is 2.61. The van der Waals surface area contributed by atoms with E-state index in [2.05, 4.69) is 25.8 Å². The summed E-state index contributed by atoms with van der Waals surface area (Å²) in [7, 11) is 2.07. The summed E-state index contributed by atoms with van der Waals surface area (Å²) in [6.45, 7) is 9.80. The van der Waals surface area contributed by atoms with Gasteiger partial charge in [-0.1, -0.05) is 32.9 Å². The van der Waals surface area contributed by atoms with Gasteiger partial charge in [-0.2, -0.15) is 0 Å². The van der Waals surface area contributed by atoms with E-state index in [0.717, 1.165) is 26.2 Å². The highest BCUT2D eigenvalue weighted by molar-refractivity contribution is 5.89. The number of benzene rings is 1. The molecule has 0 radical (unpaired) electrons. The topological polar surface area (TPSA) is 49.9 Å². The Morgan fingerprint density at radius 2 is 1.64 bits per heavy atom. The zero-order chi connectivity index (χ0) is 18.4. The van der Waals surface area contributed by atoms with Gasteiger partial charge in [-0.05, 0) is 37.1 Å². The zero-order valence-corrected chi connectivity index (χ0v) is 15.8. The number of carbonyl (C=O) groups excluding carboxylic acids is 2. The van der Waals surface area contributed by atoms with Crippen molar-refractivity contribution in [3.63, 3.8) is 0 Å². The average molecular weight is 346 g/mol. The van der Waals surface area contributed by atoms with Crippen LogP contribution in [0.1, 0.15) is 49.0 Å². The van der Waals surface area contributed by atoms with E-state index in [1.807, 2.05) is 24.0 Å². The molecule has 1 heterocycles. The molecule has 0 N–H and O–H groups in total. The number of carbonyl (C=O) groups is 2. The number of hydrogen-bond acceptors (Lipinski definition) is 4. The molecule has 5 nitrogen and oxygen atoms in total. The van der Waals surface area contributed by atoms with Crippen LogP contribution >= 0.6 is 0 Å². The Labute approximate surface area is 150 Å². The summed E-state index contributed by atoms with van der Waals surface area (Å²) in [6.07, 6.45) is 0.557. The number of esters is 1. The van der Waals surface area contributed by atoms with Gasteiger partial charge in [0.05, 0.1) is 12.2 Å². The first-order valence-electron chi connectivity index (χ1n) is 9.13. The second-order valence-electron chi connectivity index (χ2n) is 7.23. The molecule has 1 saturated heterocycles. The molecule has 1 amide bonds. The Bertz CT molecular complexity index is 575. The smallest absolute Gasteiger partial charge is 0.338 e. The van der Waals surface area contributed by atoms with Crippen LogP contribution in [0.3, 0.4) is 0 Å². The van der Waals surface area contributed by atoms with Gasteiger partial charge in [0, 0.05) is 32.1 Å². The molecule has 1 aliphatic rings. The molecule has 0 saturated carbocycles. The second-order valence-corrected chi connectivity index (χ2v) is 7.23. The van der Waals surface area contributed by atoms with Crippen molar-refractivity contribution < 1.29 is 14.3 Å². The number of ether oxygens (including phenoxy) is 1. The SMILES string of the molecule is CC(CCOC(=O)c1ccc(C(C)C)cc1)C(=O)N1CCN(C)CC1. The third kappa shape index (κ3) is 5.56. The zero-order valence-electron chi connectivity index (χ0n) is 15.8. The van der Waals surface area contributed by atoms with Crippen LogP contribution in [0.2, 0.25) is 0 Å². The Morgan fingerprint density at radius 3 is 2.20 bits per heavy atom. The lowest BCUT2D eigenvalue weighted by molar-refractivity contribution is -0.137. The summed E-state index contributed by atoms with van der Waals surface area (Å²) >= 11 is 0. The van der Waals surface area contributed by atoms with Crippen molar-refractivity contribution in [3.8, 4) is 0 Å². The molecule has 138 valence electrons. The molecule has 1 unspecified atom stereocenters. The van der Waals surface area contributed by atoms with Crippen LogP contribution < -0.4 is 0 Å². The quantitative estimate of drug-likeness (QED) is 0.743. The maximum atomic E-state index is 12.4. The highest BCUT2D eigenvalue weighted by Crippen LogP contribution is 2.16. The molecular weight excluding hydrogens is 316 g/mol. The van der Waals surface area contributed by atoms with E-state index in [4.69, 9.17) is 4.74 Å². The van der Waals surface area contributed by atoms with Gasteiger partial charge in [-0.3, -0.25) is 4.79 Å². The summed E-state index contributed by atoms with van der Waals surface area (Å²) in [5, 5.41) is 0. The molecule has 1 aromatic carbocycles. The minimum absolute atomic E-state index is 0.125. The number of likely N-dealkylation sites (N-methyl/N-ethyl adjacent to an activating group) is 1. The Balaban J connectivity index is 1.75. The first-order chi connectivity index (χ1) is 11.9. The standard InChI is InChI=1S/C20H30N2O3/c1-15(2)17-5-7-18(8-6-17)20(24)25-14-9-16(3)19(23)22-12-10-21(4)11-13-22/h5-8,15-16H,9-14H2,1-4H3. The minimum Gasteiger partial charge on any atom is -0.462 e. The Kier molecular flexibility index (Phi) is 7.00. The third-order valence-electron chi connectivity index (χ3n) is 4.83. The molecule has 0 spiro atoms. The van der Waals surface area contributed by atoms with Crippen molar-refractivity contribution in [2.75, 3.05) is 39.8 Å². The first-order valence-corrected chi connectivity index (χ1v) is 9.13. The molecule has 2 rings (SSSR count). The van der Waals surface area contributed by atoms with E-state index in [-0.39, 0.29) is 24.4 Å². The fraction of sp³-hybridized carbons (Fsp3) is 0.600. The van der Waals surface area contributed by atoms with Crippen LogP contribution in [0.5, 0.6) is 0 Å². The third-order valence-corrected chi connectivity index (χ3v) is 4.83. The van der Waals surface area contributed by atoms with Crippen molar-refractivity contribution >= 4 is 11.9 Å². The maximum absolute atomic E-state index is 12.4. The van der Waals surface area contributed by atoms with Crippen LogP contribution in [0, 0.1) is 5.92 Å². The summed E-state index contributed by atoms with van der Waals surface area (Å²) in [4.78, 5) is 28.6. The molecular formula is C20H30N2O3. The summed E-state index contributed by atoms with van der Waals surface area (Å²) in [5.41, 5.74) is 1.75. The van der Waals surface area contributed by atoms with E-state index >= 15 is 0 Å². The van der Waals surface area contributed by atoms with Gasteiger partial charge in [0.15, 0.2) is 0 Å². The fourth-order valence-corrected chi connectivity index (χ4v) is 2.88. The summed E-state index contributed by atoms with van der Waals surface area (Å²) in [5.74, 6) is 0.144. The van der Waals surface area contributed by atoms with Crippen molar-refractivity contribution in [2.45, 2.75) is 33.1 Å². The van der Waals surface area contributed by atoms with Crippen molar-refractivity contribution in [3.05, 3.63) is 35.4 Å². The van der Waals surface area contributed by atoms with Crippen LogP contribution in [0.25, 0.3) is 0 Å². The highest BCUT2D eigenvalue weighted by atomic mass is 16.5. The number of hydrogen-bond donors (Lipinski definition) is 0. The van der Waals surface area contributed by atoms with Gasteiger partial charge in [-0.15, -0.1) is 0 Å². The van der Waals surface area contributed by atoms with E-state index in [1.165, 1.54) is 5.56 Å². The number of piperazine rings is 1. The lowest BCUT2D eigenvalue weighted by Gasteiger charge is -2.34. The Hall–Kier alpha value is -1.88. The van der Waals surface area contributed by atoms with Crippen LogP contribution in [0.15, 0.2) is 24.3 Å². The molecule has 25 heavy (non-hydrogen) atoms. The van der Waals surface area contributed by atoms with Gasteiger partial charge in [0.25, 0.3) is 0 Å². The highest BCUT2D eigenvalue weighted by Gasteiger charge is 2.23. The number of rotatable bonds is 6. The predicted molar refractivity (Wildman–Crippen MR) is 98.7 cm³/mol. The predicted octanol–water partition coefficient (Wildman–Crippen LogP) is 2.77. The van der Waals surface area contributed by atoms with E-state index in [9.17, 15) is 9.59 Å². The molecule has 5 heteroatoms. The summed E-state index contributed by atoms with van der Waals surface area (Å²) in [6, 6.07) is 7.52. The normalized spacial score (nSPS) is 16.8. The number of amides is 1. The fourth-order valence-electron chi connectivity index (χ4n) is 2.88. The largest absolute Gasteiger partial charge is 0.462 e. The maximum Gasteiger partial charge on any atom is 0.338 e. The molecule has 1 atom stereocenters. The summed E-state index contributed by atoms with van der Waals surface area (Å²) < 4.78 is 5.34. The van der Waals surface area contributed by atoms with Crippen LogP contribution in [0.4, 0.5) is 0 Å². The van der Waals surface area contributed by atoms with Crippen molar-refractivity contribution in [1.82, 2.24) is 9.80 Å². The van der Waals surface area contributed by atoms with Gasteiger partial charge < -0.3 is 14.5 Å². The van der Waals surface area contributed by atoms with Gasteiger partial charge in [-0.25, -0.2) is 4.79 Å². The lowest BCUT2D eigenvalue weighted by Crippen LogP contribution is -2.48. The van der Waals surface area contributed by atoms with E-state index < -0.39 is 0 Å². The first kappa shape index (κ1) is 19.4. The molecule has 0 aliphatic carbocycles. The van der Waals surface area contributed by atoms with Gasteiger partial charge in [0.2, 0.25) is 5.91 Å². The number of nitrogens with zero attached hydrogens (tertiary/aromatic N) is 2. The second kappa shape index (κ2) is 8.99. The molecule has 1 fully saturated rings. The van der Waals surface area contributed by atoms with Crippen LogP contribution in [-0.4, -0.2) is 61.5 Å². The van der Waals surface area contributed by atoms with Crippen molar-refractivity contribution in [1.29, 1.82) is 0 Å². The molecule has 0 bridgehead atoms. The lowest BCUT2D eigenvalue weighted by atomic mass is 10.0.